The monoisotopic (exact) mass is 299 g/mol. The van der Waals surface area contributed by atoms with Gasteiger partial charge >= 0.3 is 0 Å². The second-order valence-electron chi connectivity index (χ2n) is 4.21. The summed E-state index contributed by atoms with van der Waals surface area (Å²) in [6, 6.07) is 5.20. The fourth-order valence-corrected chi connectivity index (χ4v) is 3.98. The van der Waals surface area contributed by atoms with Crippen molar-refractivity contribution in [3.05, 3.63) is 28.8 Å². The van der Waals surface area contributed by atoms with E-state index in [1.54, 1.807) is 12.1 Å². The summed E-state index contributed by atoms with van der Waals surface area (Å²) in [6.07, 6.45) is 2.68. The molecule has 0 aliphatic carbocycles. The van der Waals surface area contributed by atoms with Gasteiger partial charge in [0.25, 0.3) is 10.0 Å². The molecule has 7 heteroatoms. The minimum atomic E-state index is -3.52. The minimum absolute atomic E-state index is 0.324. The molecule has 2 heterocycles. The van der Waals surface area contributed by atoms with Gasteiger partial charge in [-0.05, 0) is 25.0 Å². The van der Waals surface area contributed by atoms with Crippen LogP contribution in [0.3, 0.4) is 0 Å². The number of nitrogens with zero attached hydrogens (tertiary/aromatic N) is 1. The quantitative estimate of drug-likeness (QED) is 0.861. The van der Waals surface area contributed by atoms with Crippen LogP contribution in [0.15, 0.2) is 22.4 Å². The fraction of sp³-hybridized carbons (Fsp3) is 0.417. The van der Waals surface area contributed by atoms with Gasteiger partial charge in [0.2, 0.25) is 0 Å². The Bertz CT molecular complexity index is 643. The van der Waals surface area contributed by atoms with Crippen molar-refractivity contribution in [2.75, 3.05) is 4.72 Å². The molecule has 0 atom stereocenters. The zero-order valence-electron chi connectivity index (χ0n) is 10.9. The molecule has 0 saturated heterocycles. The zero-order chi connectivity index (χ0) is 13.9. The molecule has 0 aromatic carbocycles. The highest BCUT2D eigenvalue weighted by molar-refractivity contribution is 7.94. The molecule has 2 rings (SSSR count). The number of hydrogen-bond donors (Lipinski definition) is 2. The average Bonchev–Trinajstić information content (AvgIpc) is 2.98. The standard InChI is InChI=1S/C12H17N3O2S2/c1-3-5-9-8-11(14-13-9)15-19(16,17)12-7-6-10(4-2)18-12/h6-8H,3-5H2,1-2H3,(H2,13,14,15). The maximum absolute atomic E-state index is 12.1. The molecule has 2 aromatic heterocycles. The number of rotatable bonds is 6. The number of anilines is 1. The number of H-pyrrole nitrogens is 1. The van der Waals surface area contributed by atoms with Crippen molar-refractivity contribution in [2.24, 2.45) is 0 Å². The normalized spacial score (nSPS) is 11.7. The van der Waals surface area contributed by atoms with E-state index < -0.39 is 10.0 Å². The Labute approximate surface area is 117 Å². The highest BCUT2D eigenvalue weighted by atomic mass is 32.2. The van der Waals surface area contributed by atoms with Gasteiger partial charge in [0.1, 0.15) is 4.21 Å². The van der Waals surface area contributed by atoms with Crippen LogP contribution in [0.1, 0.15) is 30.8 Å². The van der Waals surface area contributed by atoms with E-state index in [2.05, 4.69) is 21.8 Å². The summed E-state index contributed by atoms with van der Waals surface area (Å²) in [7, 11) is -3.52. The Hall–Kier alpha value is -1.34. The van der Waals surface area contributed by atoms with E-state index in [0.29, 0.717) is 10.0 Å². The van der Waals surface area contributed by atoms with Gasteiger partial charge in [0, 0.05) is 16.6 Å². The summed E-state index contributed by atoms with van der Waals surface area (Å²) in [5.41, 5.74) is 0.931. The molecule has 0 amide bonds. The first kappa shape index (κ1) is 14.1. The molecule has 0 fully saturated rings. The maximum atomic E-state index is 12.1. The molecule has 0 saturated carbocycles. The molecule has 0 aliphatic rings. The molecule has 19 heavy (non-hydrogen) atoms. The van der Waals surface area contributed by atoms with Crippen LogP contribution in [0.4, 0.5) is 5.82 Å². The number of hydrogen-bond acceptors (Lipinski definition) is 4. The van der Waals surface area contributed by atoms with Crippen LogP contribution in [0, 0.1) is 0 Å². The van der Waals surface area contributed by atoms with E-state index >= 15 is 0 Å². The Morgan fingerprint density at radius 3 is 2.79 bits per heavy atom. The van der Waals surface area contributed by atoms with Crippen molar-refractivity contribution in [3.63, 3.8) is 0 Å². The first-order chi connectivity index (χ1) is 9.05. The zero-order valence-corrected chi connectivity index (χ0v) is 12.6. The smallest absolute Gasteiger partial charge is 0.272 e. The Morgan fingerprint density at radius 2 is 2.16 bits per heavy atom. The van der Waals surface area contributed by atoms with E-state index in [-0.39, 0.29) is 0 Å². The fourth-order valence-electron chi connectivity index (χ4n) is 1.69. The van der Waals surface area contributed by atoms with Gasteiger partial charge in [-0.1, -0.05) is 20.3 Å². The maximum Gasteiger partial charge on any atom is 0.272 e. The van der Waals surface area contributed by atoms with E-state index in [9.17, 15) is 8.42 Å². The SMILES string of the molecule is CCCc1cc(NS(=O)(=O)c2ccc(CC)s2)n[nH]1. The molecule has 5 nitrogen and oxygen atoms in total. The lowest BCUT2D eigenvalue weighted by Crippen LogP contribution is -2.11. The lowest BCUT2D eigenvalue weighted by Gasteiger charge is -2.01. The topological polar surface area (TPSA) is 74.8 Å². The van der Waals surface area contributed by atoms with Crippen molar-refractivity contribution in [2.45, 2.75) is 37.3 Å². The number of sulfonamides is 1. The van der Waals surface area contributed by atoms with Crippen LogP contribution in [0.5, 0.6) is 0 Å². The highest BCUT2D eigenvalue weighted by Crippen LogP contribution is 2.24. The van der Waals surface area contributed by atoms with Crippen LogP contribution in [-0.2, 0) is 22.9 Å². The first-order valence-corrected chi connectivity index (χ1v) is 8.51. The molecule has 0 bridgehead atoms. The molecule has 2 aromatic rings. The highest BCUT2D eigenvalue weighted by Gasteiger charge is 2.18. The summed E-state index contributed by atoms with van der Waals surface area (Å²) >= 11 is 1.29. The third kappa shape index (κ3) is 3.36. The molecule has 2 N–H and O–H groups in total. The number of thiophene rings is 1. The van der Waals surface area contributed by atoms with Crippen molar-refractivity contribution in [1.29, 1.82) is 0 Å². The average molecular weight is 299 g/mol. The number of aryl methyl sites for hydroxylation is 2. The van der Waals surface area contributed by atoms with Crippen LogP contribution in [0.25, 0.3) is 0 Å². The second kappa shape index (κ2) is 5.75. The number of aromatic nitrogens is 2. The van der Waals surface area contributed by atoms with Gasteiger partial charge in [-0.2, -0.15) is 5.10 Å². The third-order valence-electron chi connectivity index (χ3n) is 2.64. The van der Waals surface area contributed by atoms with Crippen LogP contribution >= 0.6 is 11.3 Å². The van der Waals surface area contributed by atoms with Gasteiger partial charge in [-0.3, -0.25) is 9.82 Å². The first-order valence-electron chi connectivity index (χ1n) is 6.21. The molecular formula is C12H17N3O2S2. The van der Waals surface area contributed by atoms with Crippen LogP contribution in [-0.4, -0.2) is 18.6 Å². The molecular weight excluding hydrogens is 282 g/mol. The summed E-state index contributed by atoms with van der Waals surface area (Å²) < 4.78 is 27.1. The Kier molecular flexibility index (Phi) is 4.26. The second-order valence-corrected chi connectivity index (χ2v) is 7.29. The lowest BCUT2D eigenvalue weighted by atomic mass is 10.2. The van der Waals surface area contributed by atoms with Crippen molar-refractivity contribution < 1.29 is 8.42 Å². The van der Waals surface area contributed by atoms with Crippen molar-refractivity contribution in [1.82, 2.24) is 10.2 Å². The van der Waals surface area contributed by atoms with Crippen molar-refractivity contribution in [3.8, 4) is 0 Å². The van der Waals surface area contributed by atoms with Gasteiger partial charge < -0.3 is 0 Å². The Balaban J connectivity index is 2.15. The molecule has 0 spiro atoms. The minimum Gasteiger partial charge on any atom is -0.280 e. The van der Waals surface area contributed by atoms with Gasteiger partial charge in [0.05, 0.1) is 0 Å². The largest absolute Gasteiger partial charge is 0.280 e. The number of aromatic amines is 1. The van der Waals surface area contributed by atoms with E-state index in [4.69, 9.17) is 0 Å². The van der Waals surface area contributed by atoms with E-state index in [0.717, 1.165) is 29.8 Å². The summed E-state index contributed by atoms with van der Waals surface area (Å²) in [5, 5.41) is 6.79. The number of nitrogens with one attached hydrogen (secondary N) is 2. The lowest BCUT2D eigenvalue weighted by molar-refractivity contribution is 0.603. The van der Waals surface area contributed by atoms with Crippen LogP contribution in [0.2, 0.25) is 0 Å². The molecule has 104 valence electrons. The van der Waals surface area contributed by atoms with Gasteiger partial charge in [0.15, 0.2) is 5.82 Å². The predicted molar refractivity (Wildman–Crippen MR) is 77.1 cm³/mol. The molecule has 0 aliphatic heterocycles. The summed E-state index contributed by atoms with van der Waals surface area (Å²) in [6.45, 7) is 4.06. The van der Waals surface area contributed by atoms with Crippen molar-refractivity contribution >= 4 is 27.2 Å². The van der Waals surface area contributed by atoms with Gasteiger partial charge in [-0.25, -0.2) is 8.42 Å². The third-order valence-corrected chi connectivity index (χ3v) is 5.72. The predicted octanol–water partition coefficient (Wildman–Crippen LogP) is 2.79. The van der Waals surface area contributed by atoms with Crippen LogP contribution < -0.4 is 4.72 Å². The van der Waals surface area contributed by atoms with Gasteiger partial charge in [-0.15, -0.1) is 11.3 Å². The summed E-state index contributed by atoms with van der Waals surface area (Å²) in [4.78, 5) is 1.05. The van der Waals surface area contributed by atoms with E-state index in [1.807, 2.05) is 13.0 Å². The van der Waals surface area contributed by atoms with E-state index in [1.165, 1.54) is 11.3 Å². The Morgan fingerprint density at radius 1 is 1.37 bits per heavy atom. The summed E-state index contributed by atoms with van der Waals surface area (Å²) in [5.74, 6) is 0.342. The molecule has 0 unspecified atom stereocenters. The molecule has 0 radical (unpaired) electrons.